The Labute approximate surface area is 192 Å². The van der Waals surface area contributed by atoms with Crippen LogP contribution in [0.25, 0.3) is 0 Å². The van der Waals surface area contributed by atoms with Gasteiger partial charge in [0, 0.05) is 44.9 Å². The van der Waals surface area contributed by atoms with Gasteiger partial charge < -0.3 is 14.6 Å². The summed E-state index contributed by atoms with van der Waals surface area (Å²) in [5.74, 6) is 0.978. The largest absolute Gasteiger partial charge is 0.392 e. The lowest BCUT2D eigenvalue weighted by atomic mass is 9.71. The van der Waals surface area contributed by atoms with E-state index in [1.165, 1.54) is 6.42 Å². The first-order chi connectivity index (χ1) is 15.4. The molecule has 32 heavy (non-hydrogen) atoms. The van der Waals surface area contributed by atoms with Crippen molar-refractivity contribution in [2.45, 2.75) is 65.4 Å². The van der Waals surface area contributed by atoms with Gasteiger partial charge in [-0.3, -0.25) is 9.59 Å². The van der Waals surface area contributed by atoms with E-state index in [1.807, 2.05) is 36.9 Å². The van der Waals surface area contributed by atoms with Crippen molar-refractivity contribution in [3.63, 3.8) is 0 Å². The molecule has 0 aliphatic carbocycles. The van der Waals surface area contributed by atoms with E-state index in [0.29, 0.717) is 38.3 Å². The second-order valence-corrected chi connectivity index (χ2v) is 10.3. The number of piperidine rings is 2. The lowest BCUT2D eigenvalue weighted by Gasteiger charge is -2.45. The third-order valence-corrected chi connectivity index (χ3v) is 7.38. The number of likely N-dealkylation sites (tertiary alicyclic amines) is 2. The van der Waals surface area contributed by atoms with Crippen molar-refractivity contribution in [1.29, 1.82) is 0 Å². The van der Waals surface area contributed by atoms with E-state index in [9.17, 15) is 9.59 Å². The summed E-state index contributed by atoms with van der Waals surface area (Å²) in [4.78, 5) is 36.3. The van der Waals surface area contributed by atoms with Crippen molar-refractivity contribution in [3.05, 3.63) is 35.9 Å². The number of rotatable bonds is 5. The molecule has 3 aliphatic rings. The monoisotopic (exact) mass is 439 g/mol. The van der Waals surface area contributed by atoms with E-state index >= 15 is 0 Å². The zero-order chi connectivity index (χ0) is 22.7. The third-order valence-electron chi connectivity index (χ3n) is 7.38. The van der Waals surface area contributed by atoms with E-state index in [1.54, 1.807) is 0 Å². The first-order valence-electron chi connectivity index (χ1n) is 12.2. The van der Waals surface area contributed by atoms with Gasteiger partial charge in [0.05, 0.1) is 11.1 Å². The van der Waals surface area contributed by atoms with Crippen molar-refractivity contribution in [2.75, 3.05) is 26.2 Å². The molecule has 3 heterocycles. The highest BCUT2D eigenvalue weighted by molar-refractivity contribution is 6.01. The summed E-state index contributed by atoms with van der Waals surface area (Å²) in [7, 11) is 0. The van der Waals surface area contributed by atoms with E-state index in [0.717, 1.165) is 37.2 Å². The number of oxime groups is 1. The van der Waals surface area contributed by atoms with Crippen LogP contribution in [0.4, 0.5) is 0 Å². The van der Waals surface area contributed by atoms with Gasteiger partial charge in [0.1, 0.15) is 6.10 Å². The van der Waals surface area contributed by atoms with Crippen molar-refractivity contribution in [2.24, 2.45) is 22.4 Å². The maximum atomic E-state index is 13.9. The van der Waals surface area contributed by atoms with Crippen molar-refractivity contribution < 1.29 is 14.4 Å². The van der Waals surface area contributed by atoms with Crippen LogP contribution < -0.4 is 0 Å². The lowest BCUT2D eigenvalue weighted by Crippen LogP contribution is -2.54. The van der Waals surface area contributed by atoms with Crippen LogP contribution >= 0.6 is 0 Å². The Balaban J connectivity index is 1.48. The molecule has 1 aromatic rings. The maximum absolute atomic E-state index is 13.9. The second-order valence-electron chi connectivity index (χ2n) is 10.3. The Bertz CT molecular complexity index is 843. The number of hydrogen-bond acceptors (Lipinski definition) is 4. The number of nitrogens with zero attached hydrogens (tertiary/aromatic N) is 3. The Morgan fingerprint density at radius 2 is 1.84 bits per heavy atom. The van der Waals surface area contributed by atoms with Crippen molar-refractivity contribution in [1.82, 2.24) is 9.80 Å². The number of amides is 2. The van der Waals surface area contributed by atoms with Gasteiger partial charge in [0.15, 0.2) is 0 Å². The van der Waals surface area contributed by atoms with E-state index < -0.39 is 5.41 Å². The standard InChI is InChI=1S/C26H37N3O3/c1-19(2)24(30)28-14-11-26(12-15-28,25(31)29-13-7-8-20(3)18-29)17-22-16-23(27-32-22)21-9-5-4-6-10-21/h4-6,9-10,19-20,22H,7-8,11-18H2,1-3H3/t20-,22-/m1/s1. The van der Waals surface area contributed by atoms with Gasteiger partial charge in [-0.2, -0.15) is 0 Å². The molecule has 0 saturated carbocycles. The SMILES string of the molecule is CC(C)C(=O)N1CCC(C[C@H]2CC(c3ccccc3)=NO2)(C(=O)N2CCC[C@@H](C)C2)CC1. The third kappa shape index (κ3) is 4.84. The van der Waals surface area contributed by atoms with Gasteiger partial charge in [0.25, 0.3) is 0 Å². The van der Waals surface area contributed by atoms with Crippen LogP contribution in [-0.4, -0.2) is 59.6 Å². The minimum absolute atomic E-state index is 0.0128. The fourth-order valence-electron chi connectivity index (χ4n) is 5.51. The van der Waals surface area contributed by atoms with Crippen LogP contribution in [0.2, 0.25) is 0 Å². The predicted octanol–water partition coefficient (Wildman–Crippen LogP) is 4.09. The smallest absolute Gasteiger partial charge is 0.229 e. The van der Waals surface area contributed by atoms with E-state index in [4.69, 9.17) is 4.84 Å². The molecule has 0 bridgehead atoms. The van der Waals surface area contributed by atoms with Gasteiger partial charge >= 0.3 is 0 Å². The van der Waals surface area contributed by atoms with Crippen LogP contribution in [0.15, 0.2) is 35.5 Å². The molecule has 3 aliphatic heterocycles. The predicted molar refractivity (Wildman–Crippen MR) is 125 cm³/mol. The summed E-state index contributed by atoms with van der Waals surface area (Å²) in [6.07, 6.45) is 4.97. The quantitative estimate of drug-likeness (QED) is 0.694. The minimum Gasteiger partial charge on any atom is -0.392 e. The van der Waals surface area contributed by atoms with Crippen molar-refractivity contribution in [3.8, 4) is 0 Å². The van der Waals surface area contributed by atoms with Gasteiger partial charge in [-0.05, 0) is 37.2 Å². The summed E-state index contributed by atoms with van der Waals surface area (Å²) in [5.41, 5.74) is 1.56. The highest BCUT2D eigenvalue weighted by atomic mass is 16.6. The molecule has 174 valence electrons. The Morgan fingerprint density at radius 1 is 1.12 bits per heavy atom. The number of hydrogen-bond donors (Lipinski definition) is 0. The van der Waals surface area contributed by atoms with Gasteiger partial charge in [-0.1, -0.05) is 56.3 Å². The molecule has 1 aromatic carbocycles. The Hall–Kier alpha value is -2.37. The van der Waals surface area contributed by atoms with E-state index in [-0.39, 0.29) is 23.8 Å². The molecule has 0 aromatic heterocycles. The molecule has 6 nitrogen and oxygen atoms in total. The second kappa shape index (κ2) is 9.63. The van der Waals surface area contributed by atoms with Crippen LogP contribution in [0.5, 0.6) is 0 Å². The van der Waals surface area contributed by atoms with Crippen LogP contribution in [0.1, 0.15) is 64.9 Å². The molecule has 2 saturated heterocycles. The zero-order valence-corrected chi connectivity index (χ0v) is 19.8. The van der Waals surface area contributed by atoms with Crippen molar-refractivity contribution >= 4 is 17.5 Å². The topological polar surface area (TPSA) is 62.2 Å². The highest BCUT2D eigenvalue weighted by Crippen LogP contribution is 2.41. The van der Waals surface area contributed by atoms with Gasteiger partial charge in [-0.25, -0.2) is 0 Å². The Morgan fingerprint density at radius 3 is 2.50 bits per heavy atom. The van der Waals surface area contributed by atoms with Crippen LogP contribution in [0.3, 0.4) is 0 Å². The molecule has 6 heteroatoms. The highest BCUT2D eigenvalue weighted by Gasteiger charge is 2.47. The average Bonchev–Trinajstić information content (AvgIpc) is 3.27. The number of carbonyl (C=O) groups excluding carboxylic acids is 2. The fraction of sp³-hybridized carbons (Fsp3) is 0.654. The van der Waals surface area contributed by atoms with E-state index in [2.05, 4.69) is 29.1 Å². The molecular weight excluding hydrogens is 402 g/mol. The van der Waals surface area contributed by atoms with Gasteiger partial charge in [-0.15, -0.1) is 0 Å². The molecular formula is C26H37N3O3. The first-order valence-corrected chi connectivity index (χ1v) is 12.2. The molecule has 0 spiro atoms. The summed E-state index contributed by atoms with van der Waals surface area (Å²) in [5, 5.41) is 4.36. The molecule has 0 unspecified atom stereocenters. The molecule has 0 radical (unpaired) electrons. The zero-order valence-electron chi connectivity index (χ0n) is 19.8. The Kier molecular flexibility index (Phi) is 6.87. The van der Waals surface area contributed by atoms with Gasteiger partial charge in [0.2, 0.25) is 11.8 Å². The van der Waals surface area contributed by atoms with Crippen LogP contribution in [-0.2, 0) is 14.4 Å². The lowest BCUT2D eigenvalue weighted by molar-refractivity contribution is -0.153. The minimum atomic E-state index is -0.475. The fourth-order valence-corrected chi connectivity index (χ4v) is 5.51. The molecule has 2 atom stereocenters. The first kappa shape index (κ1) is 22.8. The molecule has 0 N–H and O–H groups in total. The average molecular weight is 440 g/mol. The summed E-state index contributed by atoms with van der Waals surface area (Å²) in [6, 6.07) is 10.1. The number of carbonyl (C=O) groups is 2. The van der Waals surface area contributed by atoms with Crippen LogP contribution in [0, 0.1) is 17.3 Å². The summed E-state index contributed by atoms with van der Waals surface area (Å²) in [6.45, 7) is 9.09. The molecule has 2 fully saturated rings. The maximum Gasteiger partial charge on any atom is 0.229 e. The molecule has 2 amide bonds. The normalized spacial score (nSPS) is 25.4. The summed E-state index contributed by atoms with van der Waals surface area (Å²) < 4.78 is 0. The number of benzene rings is 1. The summed E-state index contributed by atoms with van der Waals surface area (Å²) >= 11 is 0. The molecule has 4 rings (SSSR count).